The predicted octanol–water partition coefficient (Wildman–Crippen LogP) is 4.11. The molecule has 1 aromatic heterocycles. The molecule has 0 saturated heterocycles. The lowest BCUT2D eigenvalue weighted by Crippen LogP contribution is -1.81. The van der Waals surface area contributed by atoms with E-state index in [-0.39, 0.29) is 11.8 Å². The monoisotopic (exact) mass is 278 g/mol. The van der Waals surface area contributed by atoms with E-state index in [2.05, 4.69) is 9.98 Å². The Balaban J connectivity index is 1.82. The van der Waals surface area contributed by atoms with Gasteiger partial charge in [-0.1, -0.05) is 42.0 Å². The maximum absolute atomic E-state index is 9.66. The minimum Gasteiger partial charge on any atom is -0.507 e. The van der Waals surface area contributed by atoms with Gasteiger partial charge in [0.25, 0.3) is 0 Å². The lowest BCUT2D eigenvalue weighted by atomic mass is 10.1. The summed E-state index contributed by atoms with van der Waals surface area (Å²) in [5.41, 5.74) is 3.53. The lowest BCUT2D eigenvalue weighted by Gasteiger charge is -1.95. The van der Waals surface area contributed by atoms with Gasteiger partial charge in [-0.2, -0.15) is 4.98 Å². The van der Waals surface area contributed by atoms with Gasteiger partial charge in [-0.15, -0.1) is 0 Å². The molecule has 0 aliphatic heterocycles. The van der Waals surface area contributed by atoms with Crippen molar-refractivity contribution in [2.75, 3.05) is 0 Å². The van der Waals surface area contributed by atoms with E-state index in [4.69, 9.17) is 4.42 Å². The number of phenols is 1. The van der Waals surface area contributed by atoms with Crippen LogP contribution < -0.4 is 0 Å². The molecular formula is C17H14N2O2. The van der Waals surface area contributed by atoms with E-state index in [9.17, 15) is 5.11 Å². The topological polar surface area (TPSA) is 58.6 Å². The lowest BCUT2D eigenvalue weighted by molar-refractivity contribution is 0.474. The molecular weight excluding hydrogens is 264 g/mol. The minimum atomic E-state index is 0.173. The Morgan fingerprint density at radius 2 is 1.86 bits per heavy atom. The highest BCUT2D eigenvalue weighted by Crippen LogP contribution is 2.23. The molecule has 3 aromatic rings. The molecule has 0 fully saturated rings. The SMILES string of the molecule is Cc1ccc(-c2coc(/N=C/c3ccccc3O)n2)cc1. The summed E-state index contributed by atoms with van der Waals surface area (Å²) in [6, 6.07) is 15.2. The zero-order chi connectivity index (χ0) is 14.7. The summed E-state index contributed by atoms with van der Waals surface area (Å²) in [7, 11) is 0. The van der Waals surface area contributed by atoms with Gasteiger partial charge in [-0.3, -0.25) is 0 Å². The first-order valence-electron chi connectivity index (χ1n) is 6.57. The molecule has 0 aliphatic rings. The second-order valence-corrected chi connectivity index (χ2v) is 4.70. The van der Waals surface area contributed by atoms with Crippen molar-refractivity contribution < 1.29 is 9.52 Å². The Morgan fingerprint density at radius 1 is 1.10 bits per heavy atom. The maximum atomic E-state index is 9.66. The smallest absolute Gasteiger partial charge is 0.322 e. The predicted molar refractivity (Wildman–Crippen MR) is 82.0 cm³/mol. The molecule has 104 valence electrons. The third-order valence-corrected chi connectivity index (χ3v) is 3.09. The van der Waals surface area contributed by atoms with Gasteiger partial charge in [0, 0.05) is 17.3 Å². The van der Waals surface area contributed by atoms with Crippen LogP contribution in [0.1, 0.15) is 11.1 Å². The molecule has 0 saturated carbocycles. The van der Waals surface area contributed by atoms with Crippen molar-refractivity contribution in [1.29, 1.82) is 0 Å². The minimum absolute atomic E-state index is 0.173. The second kappa shape index (κ2) is 5.63. The zero-order valence-corrected chi connectivity index (χ0v) is 11.5. The van der Waals surface area contributed by atoms with Crippen LogP contribution >= 0.6 is 0 Å². The van der Waals surface area contributed by atoms with E-state index >= 15 is 0 Å². The molecule has 1 heterocycles. The van der Waals surface area contributed by atoms with Crippen molar-refractivity contribution in [3.63, 3.8) is 0 Å². The molecule has 0 spiro atoms. The number of oxazole rings is 1. The molecule has 0 amide bonds. The van der Waals surface area contributed by atoms with Crippen LogP contribution in [0.3, 0.4) is 0 Å². The van der Waals surface area contributed by atoms with Crippen LogP contribution in [0.2, 0.25) is 0 Å². The molecule has 0 atom stereocenters. The summed E-state index contributed by atoms with van der Waals surface area (Å²) < 4.78 is 5.32. The number of aliphatic imine (C=N–C) groups is 1. The Bertz CT molecular complexity index is 773. The highest BCUT2D eigenvalue weighted by Gasteiger charge is 2.05. The Morgan fingerprint density at radius 3 is 2.62 bits per heavy atom. The summed E-state index contributed by atoms with van der Waals surface area (Å²) in [5, 5.41) is 9.66. The highest BCUT2D eigenvalue weighted by molar-refractivity contribution is 5.84. The maximum Gasteiger partial charge on any atom is 0.322 e. The Labute approximate surface area is 122 Å². The van der Waals surface area contributed by atoms with Crippen molar-refractivity contribution in [3.05, 3.63) is 65.9 Å². The number of aromatic hydroxyl groups is 1. The number of benzene rings is 2. The second-order valence-electron chi connectivity index (χ2n) is 4.70. The summed E-state index contributed by atoms with van der Waals surface area (Å²) in [4.78, 5) is 8.45. The first-order valence-corrected chi connectivity index (χ1v) is 6.57. The van der Waals surface area contributed by atoms with Crippen LogP contribution in [0.5, 0.6) is 5.75 Å². The molecule has 0 radical (unpaired) electrons. The van der Waals surface area contributed by atoms with Crippen molar-refractivity contribution in [3.8, 4) is 17.0 Å². The van der Waals surface area contributed by atoms with Gasteiger partial charge < -0.3 is 9.52 Å². The van der Waals surface area contributed by atoms with Crippen LogP contribution in [-0.2, 0) is 0 Å². The van der Waals surface area contributed by atoms with Gasteiger partial charge in [0.05, 0.1) is 0 Å². The molecule has 21 heavy (non-hydrogen) atoms. The Kier molecular flexibility index (Phi) is 3.51. The van der Waals surface area contributed by atoms with Crippen molar-refractivity contribution in [2.45, 2.75) is 6.92 Å². The average Bonchev–Trinajstić information content (AvgIpc) is 2.96. The van der Waals surface area contributed by atoms with Gasteiger partial charge in [0.15, 0.2) is 0 Å². The van der Waals surface area contributed by atoms with E-state index in [0.29, 0.717) is 5.56 Å². The van der Waals surface area contributed by atoms with Crippen molar-refractivity contribution in [1.82, 2.24) is 4.98 Å². The van der Waals surface area contributed by atoms with Gasteiger partial charge in [-0.05, 0) is 19.1 Å². The third kappa shape index (κ3) is 3.00. The van der Waals surface area contributed by atoms with Gasteiger partial charge >= 0.3 is 6.01 Å². The fourth-order valence-corrected chi connectivity index (χ4v) is 1.90. The van der Waals surface area contributed by atoms with Gasteiger partial charge in [-0.25, -0.2) is 4.99 Å². The number of rotatable bonds is 3. The van der Waals surface area contributed by atoms with Gasteiger partial charge in [0.1, 0.15) is 17.7 Å². The number of nitrogens with zero attached hydrogens (tertiary/aromatic N) is 2. The van der Waals surface area contributed by atoms with Crippen LogP contribution in [0, 0.1) is 6.92 Å². The number of hydrogen-bond donors (Lipinski definition) is 1. The Hall–Kier alpha value is -2.88. The molecule has 4 heteroatoms. The molecule has 3 rings (SSSR count). The van der Waals surface area contributed by atoms with E-state index in [0.717, 1.165) is 11.3 Å². The highest BCUT2D eigenvalue weighted by atomic mass is 16.4. The summed E-state index contributed by atoms with van der Waals surface area (Å²) >= 11 is 0. The first kappa shape index (κ1) is 13.1. The van der Waals surface area contributed by atoms with Crippen molar-refractivity contribution in [2.24, 2.45) is 4.99 Å². The first-order chi connectivity index (χ1) is 10.2. The van der Waals surface area contributed by atoms with Gasteiger partial charge in [0.2, 0.25) is 0 Å². The molecule has 0 unspecified atom stereocenters. The summed E-state index contributed by atoms with van der Waals surface area (Å²) in [6.45, 7) is 2.04. The largest absolute Gasteiger partial charge is 0.507 e. The molecule has 1 N–H and O–H groups in total. The zero-order valence-electron chi connectivity index (χ0n) is 11.5. The van der Waals surface area contributed by atoms with Crippen LogP contribution in [0.4, 0.5) is 6.01 Å². The number of para-hydroxylation sites is 1. The quantitative estimate of drug-likeness (QED) is 0.733. The van der Waals surface area contributed by atoms with E-state index in [1.165, 1.54) is 11.8 Å². The van der Waals surface area contributed by atoms with Crippen LogP contribution in [0.15, 0.2) is 64.2 Å². The summed E-state index contributed by atoms with van der Waals surface area (Å²) in [6.07, 6.45) is 3.10. The number of hydrogen-bond acceptors (Lipinski definition) is 4. The third-order valence-electron chi connectivity index (χ3n) is 3.09. The van der Waals surface area contributed by atoms with E-state index in [1.807, 2.05) is 37.3 Å². The van der Waals surface area contributed by atoms with Crippen LogP contribution in [-0.4, -0.2) is 16.3 Å². The fourth-order valence-electron chi connectivity index (χ4n) is 1.90. The van der Waals surface area contributed by atoms with Crippen LogP contribution in [0.25, 0.3) is 11.3 Å². The molecule has 0 bridgehead atoms. The van der Waals surface area contributed by atoms with E-state index < -0.39 is 0 Å². The fraction of sp³-hybridized carbons (Fsp3) is 0.0588. The number of aromatic nitrogens is 1. The van der Waals surface area contributed by atoms with E-state index in [1.54, 1.807) is 24.5 Å². The number of phenolic OH excluding ortho intramolecular Hbond substituents is 1. The number of aryl methyl sites for hydroxylation is 1. The van der Waals surface area contributed by atoms with Crippen molar-refractivity contribution >= 4 is 12.2 Å². The standard InChI is InChI=1S/C17H14N2O2/c1-12-6-8-13(9-7-12)15-11-21-17(19-15)18-10-14-4-2-3-5-16(14)20/h2-11,20H,1H3/b18-10+. The summed E-state index contributed by atoms with van der Waals surface area (Å²) in [5.74, 6) is 0.173. The normalized spacial score (nSPS) is 11.1. The molecule has 4 nitrogen and oxygen atoms in total. The molecule has 2 aromatic carbocycles. The molecule has 0 aliphatic carbocycles. The average molecular weight is 278 g/mol.